The maximum atomic E-state index is 16.3. The number of hydrogen-bond acceptors (Lipinski definition) is 8. The van der Waals surface area contributed by atoms with Crippen molar-refractivity contribution in [1.82, 2.24) is 36.1 Å². The molecule has 5 amide bonds. The summed E-state index contributed by atoms with van der Waals surface area (Å²) in [5.74, 6) is -8.17. The summed E-state index contributed by atoms with van der Waals surface area (Å²) < 4.78 is 16.3. The van der Waals surface area contributed by atoms with Gasteiger partial charge in [-0.25, -0.2) is 9.37 Å². The second-order valence-electron chi connectivity index (χ2n) is 15.7. The Bertz CT molecular complexity index is 1440. The van der Waals surface area contributed by atoms with Gasteiger partial charge in [0.05, 0.1) is 6.20 Å². The molecule has 3 saturated carbocycles. The number of nitrogens with one attached hydrogen (secondary N) is 4. The van der Waals surface area contributed by atoms with Crippen LogP contribution in [-0.4, -0.2) is 86.7 Å². The van der Waals surface area contributed by atoms with Crippen LogP contribution in [0.5, 0.6) is 0 Å². The van der Waals surface area contributed by atoms with Gasteiger partial charge in [-0.3, -0.25) is 33.8 Å². The Hall–Kier alpha value is -3.97. The van der Waals surface area contributed by atoms with Crippen molar-refractivity contribution < 1.29 is 33.2 Å². The number of likely N-dealkylation sites (tertiary alicyclic amines) is 1. The molecular weight excluding hydrogens is 645 g/mol. The van der Waals surface area contributed by atoms with Crippen molar-refractivity contribution in [2.45, 2.75) is 135 Å². The smallest absolute Gasteiger partial charge is 0.293 e. The molecule has 0 aromatic carbocycles. The number of hydrogen-bond donors (Lipinski definition) is 4. The molecule has 1 aromatic rings. The zero-order valence-corrected chi connectivity index (χ0v) is 29.6. The summed E-state index contributed by atoms with van der Waals surface area (Å²) in [6, 6.07) is -3.29. The van der Waals surface area contributed by atoms with Gasteiger partial charge in [0, 0.05) is 31.4 Å². The van der Waals surface area contributed by atoms with E-state index in [4.69, 9.17) is 0 Å². The van der Waals surface area contributed by atoms with E-state index in [1.807, 2.05) is 0 Å². The molecule has 13 nitrogen and oxygen atoms in total. The third kappa shape index (κ3) is 8.48. The van der Waals surface area contributed by atoms with Crippen molar-refractivity contribution in [3.05, 3.63) is 24.3 Å². The van der Waals surface area contributed by atoms with E-state index in [9.17, 15) is 28.8 Å². The fourth-order valence-corrected chi connectivity index (χ4v) is 7.92. The minimum atomic E-state index is -2.93. The molecule has 50 heavy (non-hydrogen) atoms. The van der Waals surface area contributed by atoms with Crippen molar-refractivity contribution in [1.29, 1.82) is 0 Å². The number of nitrogens with zero attached hydrogens (tertiary/aromatic N) is 3. The van der Waals surface area contributed by atoms with Gasteiger partial charge in [0.15, 0.2) is 0 Å². The van der Waals surface area contributed by atoms with Crippen LogP contribution in [0.3, 0.4) is 0 Å². The highest BCUT2D eigenvalue weighted by atomic mass is 19.1. The molecule has 4 fully saturated rings. The summed E-state index contributed by atoms with van der Waals surface area (Å²) in [5.41, 5.74) is -0.752. The van der Waals surface area contributed by atoms with Gasteiger partial charge in [-0.1, -0.05) is 59.8 Å². The summed E-state index contributed by atoms with van der Waals surface area (Å²) in [4.78, 5) is 91.1. The SMILES string of the molecule is CCC[C@](F)(NC(=O)[C@@H]1[C@H]2CCC[C@H]2CN1C(=O)C(NC(=O)[C@@H](NC(=O)c1cnccn1)C1CCCCC1)C(C)(C)C)C(=O)C(=O)NC1CC1. The Morgan fingerprint density at radius 1 is 0.940 bits per heavy atom. The van der Waals surface area contributed by atoms with Crippen LogP contribution in [0.4, 0.5) is 4.39 Å². The van der Waals surface area contributed by atoms with Crippen LogP contribution >= 0.6 is 0 Å². The third-order valence-electron chi connectivity index (χ3n) is 10.7. The average Bonchev–Trinajstić information content (AvgIpc) is 3.65. The van der Waals surface area contributed by atoms with Crippen LogP contribution in [0.15, 0.2) is 18.6 Å². The zero-order valence-electron chi connectivity index (χ0n) is 29.6. The Morgan fingerprint density at radius 3 is 2.28 bits per heavy atom. The quantitative estimate of drug-likeness (QED) is 0.180. The summed E-state index contributed by atoms with van der Waals surface area (Å²) in [6.07, 6.45) is 11.9. The molecule has 2 heterocycles. The van der Waals surface area contributed by atoms with Gasteiger partial charge in [0.1, 0.15) is 23.8 Å². The van der Waals surface area contributed by atoms with Crippen molar-refractivity contribution >= 4 is 35.3 Å². The van der Waals surface area contributed by atoms with E-state index in [0.717, 1.165) is 44.9 Å². The summed E-state index contributed by atoms with van der Waals surface area (Å²) in [5, 5.41) is 10.6. The molecule has 1 aromatic heterocycles. The van der Waals surface area contributed by atoms with Crippen LogP contribution in [0.1, 0.15) is 115 Å². The molecule has 3 aliphatic carbocycles. The van der Waals surface area contributed by atoms with E-state index in [-0.39, 0.29) is 42.5 Å². The number of halogens is 1. The molecule has 1 unspecified atom stereocenters. The molecule has 14 heteroatoms. The molecule has 4 N–H and O–H groups in total. The van der Waals surface area contributed by atoms with Crippen LogP contribution < -0.4 is 21.3 Å². The molecule has 1 saturated heterocycles. The highest BCUT2D eigenvalue weighted by Gasteiger charge is 2.54. The predicted octanol–water partition coefficient (Wildman–Crippen LogP) is 2.74. The number of ketones is 1. The van der Waals surface area contributed by atoms with Gasteiger partial charge in [-0.05, 0) is 61.7 Å². The highest BCUT2D eigenvalue weighted by molar-refractivity contribution is 6.39. The molecule has 4 aliphatic rings. The fraction of sp³-hybridized carbons (Fsp3) is 0.722. The number of carbonyl (C=O) groups is 6. The minimum Gasteiger partial charge on any atom is -0.347 e. The van der Waals surface area contributed by atoms with Gasteiger partial charge in [0.25, 0.3) is 23.4 Å². The fourth-order valence-electron chi connectivity index (χ4n) is 7.92. The van der Waals surface area contributed by atoms with E-state index in [0.29, 0.717) is 19.3 Å². The lowest BCUT2D eigenvalue weighted by molar-refractivity contribution is -0.152. The molecule has 0 spiro atoms. The zero-order chi connectivity index (χ0) is 36.2. The summed E-state index contributed by atoms with van der Waals surface area (Å²) in [6.45, 7) is 7.31. The van der Waals surface area contributed by atoms with Crippen LogP contribution in [0.2, 0.25) is 0 Å². The Morgan fingerprint density at radius 2 is 1.66 bits per heavy atom. The van der Waals surface area contributed by atoms with Crippen LogP contribution in [-0.2, 0) is 24.0 Å². The van der Waals surface area contributed by atoms with E-state index in [1.54, 1.807) is 27.7 Å². The molecule has 6 atom stereocenters. The molecule has 274 valence electrons. The molecule has 5 rings (SSSR count). The van der Waals surface area contributed by atoms with Gasteiger partial charge >= 0.3 is 0 Å². The second kappa shape index (κ2) is 15.5. The molecule has 1 aliphatic heterocycles. The third-order valence-corrected chi connectivity index (χ3v) is 10.7. The average molecular weight is 698 g/mol. The lowest BCUT2D eigenvalue weighted by Gasteiger charge is -2.38. The Balaban J connectivity index is 1.38. The van der Waals surface area contributed by atoms with Crippen LogP contribution in [0.25, 0.3) is 0 Å². The first-order valence-corrected chi connectivity index (χ1v) is 18.3. The predicted molar refractivity (Wildman–Crippen MR) is 181 cm³/mol. The topological polar surface area (TPSA) is 180 Å². The first-order chi connectivity index (χ1) is 23.7. The van der Waals surface area contributed by atoms with Gasteiger partial charge < -0.3 is 26.2 Å². The standard InChI is InChI=1S/C36H52FN7O6/c1-5-16-36(37,29(45)33(49)40-23-14-15-23)43-32(48)27-24-13-9-12-22(24)20-44(27)34(50)28(35(2,3)4)42-31(47)26(21-10-7-6-8-11-21)41-30(46)25-19-38-17-18-39-25/h17-19,21-24,26-28H,5-16,20H2,1-4H3,(H,40,49)(H,41,46)(H,42,47)(H,43,48)/t22-,24-,26-,27-,28?,36-/m0/s1. The first kappa shape index (κ1) is 37.3. The first-order valence-electron chi connectivity index (χ1n) is 18.3. The molecule has 0 bridgehead atoms. The van der Waals surface area contributed by atoms with Crippen molar-refractivity contribution in [2.24, 2.45) is 23.2 Å². The second-order valence-corrected chi connectivity index (χ2v) is 15.7. The van der Waals surface area contributed by atoms with E-state index < -0.39 is 71.1 Å². The lowest BCUT2D eigenvalue weighted by Crippen LogP contribution is -2.63. The van der Waals surface area contributed by atoms with Gasteiger partial charge in [0.2, 0.25) is 17.7 Å². The highest BCUT2D eigenvalue weighted by Crippen LogP contribution is 2.43. The molecular formula is C36H52FN7O6. The number of amides is 5. The minimum absolute atomic E-state index is 0.0127. The van der Waals surface area contributed by atoms with Crippen LogP contribution in [0, 0.1) is 23.2 Å². The number of rotatable bonds is 13. The normalized spacial score (nSPS) is 24.7. The van der Waals surface area contributed by atoms with Crippen molar-refractivity contribution in [3.8, 4) is 0 Å². The number of fused-ring (bicyclic) bond motifs is 1. The lowest BCUT2D eigenvalue weighted by atomic mass is 9.82. The van der Waals surface area contributed by atoms with E-state index in [2.05, 4.69) is 31.2 Å². The van der Waals surface area contributed by atoms with E-state index in [1.165, 1.54) is 23.5 Å². The van der Waals surface area contributed by atoms with Gasteiger partial charge in [-0.15, -0.1) is 0 Å². The van der Waals surface area contributed by atoms with E-state index >= 15 is 4.39 Å². The largest absolute Gasteiger partial charge is 0.347 e. The maximum absolute atomic E-state index is 16.3. The summed E-state index contributed by atoms with van der Waals surface area (Å²) in [7, 11) is 0. The molecule has 0 radical (unpaired) electrons. The van der Waals surface area contributed by atoms with Gasteiger partial charge in [-0.2, -0.15) is 0 Å². The van der Waals surface area contributed by atoms with Crippen molar-refractivity contribution in [3.63, 3.8) is 0 Å². The Kier molecular flexibility index (Phi) is 11.6. The van der Waals surface area contributed by atoms with Crippen molar-refractivity contribution in [2.75, 3.05) is 6.54 Å². The monoisotopic (exact) mass is 697 g/mol. The number of Topliss-reactive ketones (excluding diaryl/α,β-unsaturated/α-hetero) is 1. The number of carbonyl (C=O) groups excluding carboxylic acids is 6. The maximum Gasteiger partial charge on any atom is 0.293 e. The number of aromatic nitrogens is 2. The Labute approximate surface area is 293 Å². The number of alkyl halides is 1. The summed E-state index contributed by atoms with van der Waals surface area (Å²) >= 11 is 0.